The van der Waals surface area contributed by atoms with E-state index in [1.165, 1.54) is 70.6 Å². The lowest BCUT2D eigenvalue weighted by Crippen LogP contribution is -2.20. The standard InChI is InChI=1S/C20H42O3S.H3N/c1-3-5-7-9-11-12-13-15-17-19-20(24(21,22)23)18-16-14-10-8-6-4-2;/h20H,3-19H2,1-2H3,(H,21,22,23);1H3. The lowest BCUT2D eigenvalue weighted by Gasteiger charge is -2.13. The SMILES string of the molecule is CCCCCCCCCCCC(CCCCCCCC)S(=O)(=O)O.N. The average molecular weight is 380 g/mol. The summed E-state index contributed by atoms with van der Waals surface area (Å²) in [5.41, 5.74) is 0. The molecule has 0 aliphatic heterocycles. The molecule has 0 amide bonds. The van der Waals surface area contributed by atoms with Crippen LogP contribution < -0.4 is 6.15 Å². The molecule has 0 aromatic carbocycles. The summed E-state index contributed by atoms with van der Waals surface area (Å²) in [7, 11) is -3.87. The van der Waals surface area contributed by atoms with E-state index in [1.807, 2.05) is 0 Å². The van der Waals surface area contributed by atoms with Crippen molar-refractivity contribution in [1.29, 1.82) is 0 Å². The molecule has 0 aliphatic carbocycles. The molecule has 0 bridgehead atoms. The lowest BCUT2D eigenvalue weighted by molar-refractivity contribution is 0.442. The Hall–Kier alpha value is -0.130. The van der Waals surface area contributed by atoms with Crippen LogP contribution in [-0.2, 0) is 10.1 Å². The van der Waals surface area contributed by atoms with Gasteiger partial charge in [0.1, 0.15) is 0 Å². The van der Waals surface area contributed by atoms with Crippen molar-refractivity contribution in [3.8, 4) is 0 Å². The molecule has 0 aromatic heterocycles. The third-order valence-electron chi connectivity index (χ3n) is 4.93. The van der Waals surface area contributed by atoms with Gasteiger partial charge in [0.05, 0.1) is 5.25 Å². The second kappa shape index (κ2) is 18.7. The molecule has 0 heterocycles. The van der Waals surface area contributed by atoms with Crippen LogP contribution in [0, 0.1) is 0 Å². The predicted octanol–water partition coefficient (Wildman–Crippen LogP) is 7.08. The molecule has 0 radical (unpaired) electrons. The molecule has 5 heteroatoms. The van der Waals surface area contributed by atoms with E-state index in [-0.39, 0.29) is 6.15 Å². The second-order valence-electron chi connectivity index (χ2n) is 7.31. The minimum Gasteiger partial charge on any atom is -0.344 e. The van der Waals surface area contributed by atoms with E-state index < -0.39 is 15.4 Å². The Kier molecular flexibility index (Phi) is 20.2. The minimum absolute atomic E-state index is 0. The molecular weight excluding hydrogens is 334 g/mol. The first-order chi connectivity index (χ1) is 11.5. The predicted molar refractivity (Wildman–Crippen MR) is 110 cm³/mol. The molecule has 0 fully saturated rings. The molecule has 4 nitrogen and oxygen atoms in total. The largest absolute Gasteiger partial charge is 0.344 e. The van der Waals surface area contributed by atoms with Crippen LogP contribution in [0.2, 0.25) is 0 Å². The molecule has 1 unspecified atom stereocenters. The number of hydrogen-bond acceptors (Lipinski definition) is 3. The van der Waals surface area contributed by atoms with E-state index in [2.05, 4.69) is 13.8 Å². The van der Waals surface area contributed by atoms with Crippen molar-refractivity contribution in [2.75, 3.05) is 0 Å². The van der Waals surface area contributed by atoms with Crippen LogP contribution >= 0.6 is 0 Å². The normalized spacial score (nSPS) is 12.8. The van der Waals surface area contributed by atoms with Crippen LogP contribution in [0.5, 0.6) is 0 Å². The van der Waals surface area contributed by atoms with Crippen LogP contribution in [-0.4, -0.2) is 18.2 Å². The Morgan fingerprint density at radius 3 is 1.16 bits per heavy atom. The fraction of sp³-hybridized carbons (Fsp3) is 1.00. The highest BCUT2D eigenvalue weighted by molar-refractivity contribution is 7.86. The highest BCUT2D eigenvalue weighted by Gasteiger charge is 2.21. The van der Waals surface area contributed by atoms with Crippen LogP contribution in [0.25, 0.3) is 0 Å². The van der Waals surface area contributed by atoms with Crippen molar-refractivity contribution in [3.63, 3.8) is 0 Å². The highest BCUT2D eigenvalue weighted by Crippen LogP contribution is 2.19. The van der Waals surface area contributed by atoms with Gasteiger partial charge in [-0.3, -0.25) is 4.55 Å². The third kappa shape index (κ3) is 18.5. The average Bonchev–Trinajstić information content (AvgIpc) is 2.53. The Morgan fingerprint density at radius 2 is 0.880 bits per heavy atom. The van der Waals surface area contributed by atoms with Crippen molar-refractivity contribution in [3.05, 3.63) is 0 Å². The Morgan fingerprint density at radius 1 is 0.600 bits per heavy atom. The van der Waals surface area contributed by atoms with Crippen LogP contribution in [0.15, 0.2) is 0 Å². The van der Waals surface area contributed by atoms with Crippen LogP contribution in [0.1, 0.15) is 123 Å². The molecule has 0 rings (SSSR count). The maximum atomic E-state index is 11.5. The number of rotatable bonds is 18. The highest BCUT2D eigenvalue weighted by atomic mass is 32.2. The van der Waals surface area contributed by atoms with Gasteiger partial charge in [-0.2, -0.15) is 8.42 Å². The molecule has 1 atom stereocenters. The quantitative estimate of drug-likeness (QED) is 0.197. The van der Waals surface area contributed by atoms with E-state index >= 15 is 0 Å². The zero-order chi connectivity index (χ0) is 18.1. The maximum absolute atomic E-state index is 11.5. The van der Waals surface area contributed by atoms with E-state index in [4.69, 9.17) is 0 Å². The van der Waals surface area contributed by atoms with Crippen LogP contribution in [0.3, 0.4) is 0 Å². The molecule has 0 aromatic rings. The summed E-state index contributed by atoms with van der Waals surface area (Å²) in [6, 6.07) is 0. The van der Waals surface area contributed by atoms with Gasteiger partial charge in [0.25, 0.3) is 10.1 Å². The van der Waals surface area contributed by atoms with Gasteiger partial charge in [-0.1, -0.05) is 110 Å². The number of unbranched alkanes of at least 4 members (excludes halogenated alkanes) is 13. The monoisotopic (exact) mass is 379 g/mol. The summed E-state index contributed by atoms with van der Waals surface area (Å²) in [5, 5.41) is -0.534. The van der Waals surface area contributed by atoms with Gasteiger partial charge in [0.15, 0.2) is 0 Å². The van der Waals surface area contributed by atoms with Crippen molar-refractivity contribution in [2.45, 2.75) is 128 Å². The first-order valence-corrected chi connectivity index (χ1v) is 12.0. The van der Waals surface area contributed by atoms with Gasteiger partial charge in [-0.15, -0.1) is 0 Å². The second-order valence-corrected chi connectivity index (χ2v) is 9.01. The van der Waals surface area contributed by atoms with Gasteiger partial charge in [-0.25, -0.2) is 0 Å². The fourth-order valence-electron chi connectivity index (χ4n) is 3.28. The molecule has 4 N–H and O–H groups in total. The Balaban J connectivity index is 0. The van der Waals surface area contributed by atoms with E-state index in [9.17, 15) is 13.0 Å². The smallest absolute Gasteiger partial charge is 0.267 e. The topological polar surface area (TPSA) is 89.4 Å². The van der Waals surface area contributed by atoms with Crippen molar-refractivity contribution in [2.24, 2.45) is 0 Å². The molecule has 154 valence electrons. The first-order valence-electron chi connectivity index (χ1n) is 10.5. The van der Waals surface area contributed by atoms with Crippen molar-refractivity contribution in [1.82, 2.24) is 6.15 Å². The molecule has 0 saturated heterocycles. The fourth-order valence-corrected chi connectivity index (χ4v) is 4.21. The summed E-state index contributed by atoms with van der Waals surface area (Å²) in [6.45, 7) is 4.43. The molecule has 0 spiro atoms. The first kappa shape index (κ1) is 27.1. The lowest BCUT2D eigenvalue weighted by atomic mass is 10.0. The summed E-state index contributed by atoms with van der Waals surface area (Å²) in [6.07, 6.45) is 19.3. The molecule has 0 saturated carbocycles. The summed E-state index contributed by atoms with van der Waals surface area (Å²) in [5.74, 6) is 0. The summed E-state index contributed by atoms with van der Waals surface area (Å²) < 4.78 is 32.5. The Bertz CT molecular complexity index is 358. The van der Waals surface area contributed by atoms with Gasteiger partial charge in [0, 0.05) is 0 Å². The zero-order valence-electron chi connectivity index (χ0n) is 17.0. The van der Waals surface area contributed by atoms with E-state index in [0.29, 0.717) is 12.8 Å². The summed E-state index contributed by atoms with van der Waals surface area (Å²) >= 11 is 0. The van der Waals surface area contributed by atoms with Crippen molar-refractivity contribution >= 4 is 10.1 Å². The molecule has 0 aliphatic rings. The zero-order valence-corrected chi connectivity index (χ0v) is 17.8. The molecule has 25 heavy (non-hydrogen) atoms. The third-order valence-corrected chi connectivity index (χ3v) is 6.24. The molecular formula is C20H45NO3S. The van der Waals surface area contributed by atoms with Gasteiger partial charge in [0.2, 0.25) is 0 Å². The van der Waals surface area contributed by atoms with E-state index in [0.717, 1.165) is 25.7 Å². The van der Waals surface area contributed by atoms with Crippen molar-refractivity contribution < 1.29 is 13.0 Å². The summed E-state index contributed by atoms with van der Waals surface area (Å²) in [4.78, 5) is 0. The van der Waals surface area contributed by atoms with Crippen LogP contribution in [0.4, 0.5) is 0 Å². The Labute approximate surface area is 157 Å². The van der Waals surface area contributed by atoms with Gasteiger partial charge < -0.3 is 6.15 Å². The maximum Gasteiger partial charge on any atom is 0.267 e. The van der Waals surface area contributed by atoms with E-state index in [1.54, 1.807) is 0 Å². The van der Waals surface area contributed by atoms with Gasteiger partial charge in [-0.05, 0) is 12.8 Å². The van der Waals surface area contributed by atoms with Gasteiger partial charge >= 0.3 is 0 Å². The number of hydrogen-bond donors (Lipinski definition) is 2. The minimum atomic E-state index is -3.87.